The zero-order valence-electron chi connectivity index (χ0n) is 21.8. The smallest absolute Gasteiger partial charge is 0.242 e. The maximum Gasteiger partial charge on any atom is 0.242 e. The summed E-state index contributed by atoms with van der Waals surface area (Å²) in [6.07, 6.45) is 3.21. The molecule has 0 aromatic heterocycles. The van der Waals surface area contributed by atoms with E-state index in [1.54, 1.807) is 37.3 Å². The SMILES string of the molecule is CCc1ccc(N(CCCC(=O)N(Cc2cccc(Cl)c2)C(C)C(=O)NC(C)CC)S(C)(=O)=O)cc1. The van der Waals surface area contributed by atoms with E-state index in [1.807, 2.05) is 39.0 Å². The van der Waals surface area contributed by atoms with Crippen LogP contribution in [0.25, 0.3) is 0 Å². The van der Waals surface area contributed by atoms with E-state index in [4.69, 9.17) is 11.6 Å². The summed E-state index contributed by atoms with van der Waals surface area (Å²) >= 11 is 6.13. The van der Waals surface area contributed by atoms with Crippen LogP contribution in [0.2, 0.25) is 5.02 Å². The molecular weight excluding hydrogens is 498 g/mol. The summed E-state index contributed by atoms with van der Waals surface area (Å²) in [5, 5.41) is 3.49. The minimum absolute atomic E-state index is 0.00881. The highest BCUT2D eigenvalue weighted by atomic mass is 35.5. The third-order valence-corrected chi connectivity index (χ3v) is 7.62. The van der Waals surface area contributed by atoms with E-state index in [2.05, 4.69) is 5.32 Å². The number of amides is 2. The molecule has 9 heteroatoms. The Balaban J connectivity index is 2.17. The van der Waals surface area contributed by atoms with Crippen LogP contribution in [-0.2, 0) is 32.6 Å². The molecule has 7 nitrogen and oxygen atoms in total. The van der Waals surface area contributed by atoms with Gasteiger partial charge in [-0.2, -0.15) is 0 Å². The summed E-state index contributed by atoms with van der Waals surface area (Å²) in [6.45, 7) is 8.03. The van der Waals surface area contributed by atoms with Gasteiger partial charge in [-0.1, -0.05) is 49.7 Å². The maximum absolute atomic E-state index is 13.3. The summed E-state index contributed by atoms with van der Waals surface area (Å²) in [5.41, 5.74) is 2.50. The second-order valence-corrected chi connectivity index (χ2v) is 11.4. The van der Waals surface area contributed by atoms with Crippen LogP contribution >= 0.6 is 11.6 Å². The van der Waals surface area contributed by atoms with Crippen molar-refractivity contribution in [2.24, 2.45) is 0 Å². The molecule has 2 aromatic carbocycles. The zero-order valence-corrected chi connectivity index (χ0v) is 23.4. The number of hydrogen-bond acceptors (Lipinski definition) is 4. The van der Waals surface area contributed by atoms with Crippen molar-refractivity contribution >= 4 is 39.1 Å². The molecule has 0 radical (unpaired) electrons. The summed E-state index contributed by atoms with van der Waals surface area (Å²) in [5.74, 6) is -0.454. The first-order valence-corrected chi connectivity index (χ1v) is 14.6. The van der Waals surface area contributed by atoms with Crippen LogP contribution in [0.15, 0.2) is 48.5 Å². The Labute approximate surface area is 220 Å². The molecule has 2 atom stereocenters. The molecule has 0 heterocycles. The van der Waals surface area contributed by atoms with Gasteiger partial charge in [-0.25, -0.2) is 8.42 Å². The van der Waals surface area contributed by atoms with Crippen molar-refractivity contribution in [3.63, 3.8) is 0 Å². The number of anilines is 1. The first kappa shape index (κ1) is 29.6. The summed E-state index contributed by atoms with van der Waals surface area (Å²) < 4.78 is 26.2. The van der Waals surface area contributed by atoms with Crippen molar-refractivity contribution in [1.29, 1.82) is 0 Å². The predicted molar refractivity (Wildman–Crippen MR) is 147 cm³/mol. The summed E-state index contributed by atoms with van der Waals surface area (Å²) in [4.78, 5) is 27.7. The minimum Gasteiger partial charge on any atom is -0.352 e. The van der Waals surface area contributed by atoms with Gasteiger partial charge in [0, 0.05) is 30.6 Å². The molecule has 0 bridgehead atoms. The number of carbonyl (C=O) groups excluding carboxylic acids is 2. The summed E-state index contributed by atoms with van der Waals surface area (Å²) in [7, 11) is -3.53. The van der Waals surface area contributed by atoms with E-state index in [1.165, 1.54) is 9.21 Å². The van der Waals surface area contributed by atoms with Crippen LogP contribution in [0.4, 0.5) is 5.69 Å². The molecule has 36 heavy (non-hydrogen) atoms. The molecule has 0 saturated carbocycles. The van der Waals surface area contributed by atoms with Gasteiger partial charge in [0.25, 0.3) is 0 Å². The number of carbonyl (C=O) groups is 2. The molecule has 1 N–H and O–H groups in total. The number of hydrogen-bond donors (Lipinski definition) is 1. The van der Waals surface area contributed by atoms with E-state index in [9.17, 15) is 18.0 Å². The lowest BCUT2D eigenvalue weighted by atomic mass is 10.1. The fourth-order valence-corrected chi connectivity index (χ4v) is 4.96. The maximum atomic E-state index is 13.3. The number of sulfonamides is 1. The lowest BCUT2D eigenvalue weighted by Crippen LogP contribution is -2.49. The van der Waals surface area contributed by atoms with Crippen molar-refractivity contribution < 1.29 is 18.0 Å². The topological polar surface area (TPSA) is 86.8 Å². The van der Waals surface area contributed by atoms with Gasteiger partial charge in [0.2, 0.25) is 21.8 Å². The predicted octanol–water partition coefficient (Wildman–Crippen LogP) is 4.78. The molecule has 2 unspecified atom stereocenters. The second-order valence-electron chi connectivity index (χ2n) is 9.10. The van der Waals surface area contributed by atoms with Crippen LogP contribution in [0.5, 0.6) is 0 Å². The molecule has 2 rings (SSSR count). The van der Waals surface area contributed by atoms with Crippen LogP contribution in [0.3, 0.4) is 0 Å². The highest BCUT2D eigenvalue weighted by Crippen LogP contribution is 2.21. The number of nitrogens with zero attached hydrogens (tertiary/aromatic N) is 2. The average Bonchev–Trinajstić information content (AvgIpc) is 2.83. The number of rotatable bonds is 13. The Bertz CT molecular complexity index is 1120. The molecular formula is C27H38ClN3O4S. The largest absolute Gasteiger partial charge is 0.352 e. The van der Waals surface area contributed by atoms with Gasteiger partial charge in [-0.05, 0) is 68.5 Å². The molecule has 0 aliphatic rings. The highest BCUT2D eigenvalue weighted by molar-refractivity contribution is 7.92. The van der Waals surface area contributed by atoms with Gasteiger partial charge in [-0.15, -0.1) is 0 Å². The van der Waals surface area contributed by atoms with E-state index < -0.39 is 16.1 Å². The van der Waals surface area contributed by atoms with Gasteiger partial charge in [-0.3, -0.25) is 13.9 Å². The lowest BCUT2D eigenvalue weighted by molar-refractivity contribution is -0.140. The van der Waals surface area contributed by atoms with E-state index >= 15 is 0 Å². The van der Waals surface area contributed by atoms with Crippen molar-refractivity contribution in [1.82, 2.24) is 10.2 Å². The van der Waals surface area contributed by atoms with E-state index in [-0.39, 0.29) is 37.4 Å². The molecule has 0 fully saturated rings. The molecule has 2 aromatic rings. The third-order valence-electron chi connectivity index (χ3n) is 6.20. The zero-order chi connectivity index (χ0) is 26.9. The molecule has 0 aliphatic carbocycles. The van der Waals surface area contributed by atoms with E-state index in [0.717, 1.165) is 30.2 Å². The van der Waals surface area contributed by atoms with Crippen molar-refractivity contribution in [2.45, 2.75) is 72.0 Å². The van der Waals surface area contributed by atoms with Crippen LogP contribution in [0, 0.1) is 0 Å². The van der Waals surface area contributed by atoms with Gasteiger partial charge in [0.15, 0.2) is 0 Å². The van der Waals surface area contributed by atoms with Gasteiger partial charge in [0.1, 0.15) is 6.04 Å². The van der Waals surface area contributed by atoms with Crippen LogP contribution in [-0.4, -0.2) is 50.0 Å². The second kappa shape index (κ2) is 13.7. The van der Waals surface area contributed by atoms with Gasteiger partial charge in [0.05, 0.1) is 11.9 Å². The first-order valence-electron chi connectivity index (χ1n) is 12.4. The van der Waals surface area contributed by atoms with Gasteiger partial charge >= 0.3 is 0 Å². The Hall–Kier alpha value is -2.58. The normalized spacial score (nSPS) is 13.1. The molecule has 0 aliphatic heterocycles. The lowest BCUT2D eigenvalue weighted by Gasteiger charge is -2.30. The highest BCUT2D eigenvalue weighted by Gasteiger charge is 2.27. The fraction of sp³-hybridized carbons (Fsp3) is 0.481. The molecule has 0 spiro atoms. The van der Waals surface area contributed by atoms with Crippen LogP contribution < -0.4 is 9.62 Å². The third kappa shape index (κ3) is 8.82. The molecule has 198 valence electrons. The average molecular weight is 536 g/mol. The minimum atomic E-state index is -3.53. The number of aryl methyl sites for hydroxylation is 1. The van der Waals surface area contributed by atoms with Crippen molar-refractivity contribution in [2.75, 3.05) is 17.1 Å². The van der Waals surface area contributed by atoms with Gasteiger partial charge < -0.3 is 10.2 Å². The number of nitrogens with one attached hydrogen (secondary N) is 1. The Kier molecular flexibility index (Phi) is 11.2. The Morgan fingerprint density at radius 2 is 1.69 bits per heavy atom. The monoisotopic (exact) mass is 535 g/mol. The van der Waals surface area contributed by atoms with Crippen molar-refractivity contribution in [3.05, 3.63) is 64.7 Å². The van der Waals surface area contributed by atoms with Crippen molar-refractivity contribution in [3.8, 4) is 0 Å². The number of halogens is 1. The molecule has 0 saturated heterocycles. The Morgan fingerprint density at radius 3 is 2.25 bits per heavy atom. The fourth-order valence-electron chi connectivity index (χ4n) is 3.78. The van der Waals surface area contributed by atoms with Crippen LogP contribution in [0.1, 0.15) is 58.1 Å². The standard InChI is InChI=1S/C27H38ClN3O4S/c1-6-20(3)29-27(33)21(4)30(19-23-10-8-11-24(28)18-23)26(32)12-9-17-31(36(5,34)35)25-15-13-22(7-2)14-16-25/h8,10-11,13-16,18,20-21H,6-7,9,12,17,19H2,1-5H3,(H,29,33). The molecule has 2 amide bonds. The number of benzene rings is 2. The first-order chi connectivity index (χ1) is 17.0. The summed E-state index contributed by atoms with van der Waals surface area (Å²) in [6, 6.07) is 13.9. The van der Waals surface area contributed by atoms with E-state index in [0.29, 0.717) is 17.1 Å². The quantitative estimate of drug-likeness (QED) is 0.400. The Morgan fingerprint density at radius 1 is 1.03 bits per heavy atom.